The fraction of sp³-hybridized carbons (Fsp3) is 0. The Bertz CT molecular complexity index is 3150. The van der Waals surface area contributed by atoms with Gasteiger partial charge in [-0.3, -0.25) is 0 Å². The molecule has 0 aliphatic heterocycles. The molecule has 0 amide bonds. The molecule has 0 saturated carbocycles. The molecule has 10 aromatic rings. The van der Waals surface area contributed by atoms with Crippen LogP contribution in [0.15, 0.2) is 146 Å². The van der Waals surface area contributed by atoms with Gasteiger partial charge in [-0.15, -0.1) is 0 Å². The lowest BCUT2D eigenvalue weighted by molar-refractivity contribution is 0.376. The van der Waals surface area contributed by atoms with Crippen molar-refractivity contribution in [2.24, 2.45) is 0 Å². The van der Waals surface area contributed by atoms with Crippen molar-refractivity contribution in [3.8, 4) is 56.1 Å². The van der Waals surface area contributed by atoms with Crippen molar-refractivity contribution in [3.05, 3.63) is 204 Å². The molecule has 2 aromatic heterocycles. The molecule has 0 bridgehead atoms. The number of nitrogens with zero attached hydrogens (tertiary/aromatic N) is 2. The SMILES string of the molecule is Fc1c(F)c(F)c(-n2c(-c3ccccc3)c(-c3ccccc3)c3ccc4c(ccc5c(-c6ccccc6)c(-c6ccccc6)n(-c6c(F)c(F)c(F)c(F)c6F)c54)c32)c(F)c1F. The topological polar surface area (TPSA) is 9.86 Å². The van der Waals surface area contributed by atoms with Gasteiger partial charge in [-0.05, 0) is 22.3 Å². The Morgan fingerprint density at radius 1 is 0.242 bits per heavy atom. The first kappa shape index (κ1) is 38.6. The summed E-state index contributed by atoms with van der Waals surface area (Å²) in [6.07, 6.45) is 0. The fourth-order valence-electron chi connectivity index (χ4n) is 8.52. The summed E-state index contributed by atoms with van der Waals surface area (Å²) < 4.78 is 158. The third-order valence-electron chi connectivity index (χ3n) is 11.1. The Balaban J connectivity index is 1.50. The molecule has 0 spiro atoms. The summed E-state index contributed by atoms with van der Waals surface area (Å²) in [6.45, 7) is 0. The molecule has 0 N–H and O–H groups in total. The molecule has 0 atom stereocenters. The predicted octanol–water partition coefficient (Wildman–Crippen LogP) is 14.8. The van der Waals surface area contributed by atoms with Crippen molar-refractivity contribution in [1.29, 1.82) is 0 Å². The highest BCUT2D eigenvalue weighted by atomic mass is 19.2. The normalized spacial score (nSPS) is 11.7. The minimum atomic E-state index is -2.38. The van der Waals surface area contributed by atoms with E-state index in [-0.39, 0.29) is 44.0 Å². The van der Waals surface area contributed by atoms with E-state index < -0.39 is 69.5 Å². The zero-order chi connectivity index (χ0) is 43.1. The monoisotopic (exact) mass is 842 g/mol. The lowest BCUT2D eigenvalue weighted by Gasteiger charge is -2.18. The van der Waals surface area contributed by atoms with Gasteiger partial charge < -0.3 is 9.13 Å². The maximum atomic E-state index is 16.4. The third kappa shape index (κ3) is 5.52. The Morgan fingerprint density at radius 3 is 0.774 bits per heavy atom. The van der Waals surface area contributed by atoms with Gasteiger partial charge >= 0.3 is 0 Å². The van der Waals surface area contributed by atoms with E-state index in [0.717, 1.165) is 9.13 Å². The van der Waals surface area contributed by atoms with Crippen LogP contribution in [0.2, 0.25) is 0 Å². The molecule has 0 fully saturated rings. The molecule has 0 saturated heterocycles. The van der Waals surface area contributed by atoms with Crippen molar-refractivity contribution in [2.75, 3.05) is 0 Å². The number of hydrogen-bond acceptors (Lipinski definition) is 0. The quantitative estimate of drug-likeness (QED) is 0.0897. The van der Waals surface area contributed by atoms with Gasteiger partial charge in [-0.2, -0.15) is 0 Å². The van der Waals surface area contributed by atoms with Crippen molar-refractivity contribution in [2.45, 2.75) is 0 Å². The number of aromatic nitrogens is 2. The second-order valence-electron chi connectivity index (χ2n) is 14.4. The van der Waals surface area contributed by atoms with E-state index in [0.29, 0.717) is 33.4 Å². The van der Waals surface area contributed by atoms with Crippen LogP contribution >= 0.6 is 0 Å². The molecule has 0 unspecified atom stereocenters. The molecule has 0 aliphatic carbocycles. The maximum Gasteiger partial charge on any atom is 0.200 e. The second kappa shape index (κ2) is 14.5. The van der Waals surface area contributed by atoms with Crippen LogP contribution in [-0.2, 0) is 0 Å². The van der Waals surface area contributed by atoms with Crippen LogP contribution < -0.4 is 0 Å². The zero-order valence-electron chi connectivity index (χ0n) is 31.5. The summed E-state index contributed by atoms with van der Waals surface area (Å²) in [6, 6.07) is 39.3. The smallest absolute Gasteiger partial charge is 0.200 e. The third-order valence-corrected chi connectivity index (χ3v) is 11.1. The molecule has 10 rings (SSSR count). The summed E-state index contributed by atoms with van der Waals surface area (Å²) in [5.41, 5.74) is -0.549. The van der Waals surface area contributed by atoms with E-state index in [4.69, 9.17) is 0 Å². The first-order valence-corrected chi connectivity index (χ1v) is 18.9. The van der Waals surface area contributed by atoms with Crippen molar-refractivity contribution < 1.29 is 43.9 Å². The molecule has 12 heteroatoms. The lowest BCUT2D eigenvalue weighted by atomic mass is 9.95. The molecular formula is C50H24F10N2. The average molecular weight is 843 g/mol. The Morgan fingerprint density at radius 2 is 0.484 bits per heavy atom. The molecule has 0 radical (unpaired) electrons. The van der Waals surface area contributed by atoms with Crippen LogP contribution in [-0.4, -0.2) is 9.13 Å². The van der Waals surface area contributed by atoms with E-state index >= 15 is 35.1 Å². The summed E-state index contributed by atoms with van der Waals surface area (Å²) in [5.74, 6) is -22.1. The van der Waals surface area contributed by atoms with Gasteiger partial charge in [-0.1, -0.05) is 146 Å². The first-order chi connectivity index (χ1) is 30.0. The predicted molar refractivity (Wildman–Crippen MR) is 219 cm³/mol. The number of rotatable bonds is 6. The van der Waals surface area contributed by atoms with Gasteiger partial charge in [0.15, 0.2) is 46.5 Å². The van der Waals surface area contributed by atoms with E-state index in [1.54, 1.807) is 121 Å². The first-order valence-electron chi connectivity index (χ1n) is 18.9. The minimum absolute atomic E-state index is 0.0210. The lowest BCUT2D eigenvalue weighted by Crippen LogP contribution is -2.11. The highest BCUT2D eigenvalue weighted by Crippen LogP contribution is 2.50. The molecule has 62 heavy (non-hydrogen) atoms. The van der Waals surface area contributed by atoms with E-state index in [1.165, 1.54) is 24.3 Å². The standard InChI is InChI=1S/C50H24F10N2/c51-35-37(53)41(57)49(42(58)38(35)54)61-45(27-17-9-3-10-18-27)33(25-13-5-1-6-14-25)31-23-21-30-29(47(31)61)22-24-32-34(26-15-7-2-8-16-26)46(28-19-11-4-12-20-28)62(48(30)32)50-43(59)39(55)36(52)40(56)44(50)60/h1-24H. The fourth-order valence-corrected chi connectivity index (χ4v) is 8.52. The largest absolute Gasteiger partial charge is 0.303 e. The van der Waals surface area contributed by atoms with Gasteiger partial charge in [0.2, 0.25) is 11.6 Å². The molecule has 8 aromatic carbocycles. The molecule has 304 valence electrons. The Labute approximate surface area is 344 Å². The van der Waals surface area contributed by atoms with E-state index in [2.05, 4.69) is 0 Å². The zero-order valence-corrected chi connectivity index (χ0v) is 31.5. The van der Waals surface area contributed by atoms with Gasteiger partial charge in [0, 0.05) is 32.7 Å². The van der Waals surface area contributed by atoms with Crippen LogP contribution in [0.4, 0.5) is 43.9 Å². The highest BCUT2D eigenvalue weighted by Gasteiger charge is 2.35. The van der Waals surface area contributed by atoms with E-state index in [9.17, 15) is 8.78 Å². The Hall–Kier alpha value is -7.60. The van der Waals surface area contributed by atoms with Crippen molar-refractivity contribution >= 4 is 32.6 Å². The van der Waals surface area contributed by atoms with E-state index in [1.807, 2.05) is 0 Å². The van der Waals surface area contributed by atoms with Gasteiger partial charge in [0.1, 0.15) is 11.4 Å². The van der Waals surface area contributed by atoms with Crippen LogP contribution in [0, 0.1) is 58.2 Å². The number of hydrogen-bond donors (Lipinski definition) is 0. The van der Waals surface area contributed by atoms with Crippen LogP contribution in [0.1, 0.15) is 0 Å². The Kier molecular flexibility index (Phi) is 9.05. The summed E-state index contributed by atoms with van der Waals surface area (Å²) in [5, 5.41) is 0.624. The highest BCUT2D eigenvalue weighted by molar-refractivity contribution is 6.24. The number of halogens is 10. The van der Waals surface area contributed by atoms with Crippen molar-refractivity contribution in [1.82, 2.24) is 9.13 Å². The van der Waals surface area contributed by atoms with Crippen molar-refractivity contribution in [3.63, 3.8) is 0 Å². The molecule has 0 aliphatic rings. The van der Waals surface area contributed by atoms with Crippen LogP contribution in [0.3, 0.4) is 0 Å². The number of benzene rings is 8. The van der Waals surface area contributed by atoms with Crippen LogP contribution in [0.5, 0.6) is 0 Å². The maximum absolute atomic E-state index is 16.4. The average Bonchev–Trinajstić information content (AvgIpc) is 3.84. The minimum Gasteiger partial charge on any atom is -0.303 e. The molecular weight excluding hydrogens is 819 g/mol. The van der Waals surface area contributed by atoms with Gasteiger partial charge in [0.05, 0.1) is 22.4 Å². The van der Waals surface area contributed by atoms with Gasteiger partial charge in [-0.25, -0.2) is 43.9 Å². The van der Waals surface area contributed by atoms with Gasteiger partial charge in [0.25, 0.3) is 0 Å². The second-order valence-corrected chi connectivity index (χ2v) is 14.4. The molecule has 2 nitrogen and oxygen atoms in total. The summed E-state index contributed by atoms with van der Waals surface area (Å²) >= 11 is 0. The van der Waals surface area contributed by atoms with Crippen LogP contribution in [0.25, 0.3) is 88.7 Å². The molecule has 2 heterocycles. The summed E-state index contributed by atoms with van der Waals surface area (Å²) in [7, 11) is 0. The number of fused-ring (bicyclic) bond motifs is 5. The summed E-state index contributed by atoms with van der Waals surface area (Å²) in [4.78, 5) is 0.